The minimum Gasteiger partial charge on any atom is -0.507 e. The van der Waals surface area contributed by atoms with Crippen LogP contribution in [0.25, 0.3) is 22.8 Å². The second-order valence-electron chi connectivity index (χ2n) is 7.35. The van der Waals surface area contributed by atoms with Crippen molar-refractivity contribution in [3.8, 4) is 16.9 Å². The molecule has 140 valence electrons. The molecule has 0 bridgehead atoms. The van der Waals surface area contributed by atoms with E-state index in [0.717, 1.165) is 41.0 Å². The van der Waals surface area contributed by atoms with Crippen molar-refractivity contribution in [2.45, 2.75) is 32.6 Å². The van der Waals surface area contributed by atoms with Crippen LogP contribution >= 0.6 is 0 Å². The fourth-order valence-electron chi connectivity index (χ4n) is 3.98. The van der Waals surface area contributed by atoms with Gasteiger partial charge in [-0.1, -0.05) is 12.1 Å². The van der Waals surface area contributed by atoms with Crippen molar-refractivity contribution in [3.63, 3.8) is 0 Å². The summed E-state index contributed by atoms with van der Waals surface area (Å²) in [6.07, 6.45) is 10.2. The maximum Gasteiger partial charge on any atom is 0.123 e. The molecule has 4 rings (SSSR count). The van der Waals surface area contributed by atoms with Crippen LogP contribution in [-0.2, 0) is 0 Å². The molecule has 0 amide bonds. The van der Waals surface area contributed by atoms with Crippen LogP contribution in [0.5, 0.6) is 5.75 Å². The number of aromatic hydroxyl groups is 1. The Morgan fingerprint density at radius 3 is 2.70 bits per heavy atom. The van der Waals surface area contributed by atoms with Gasteiger partial charge < -0.3 is 15.4 Å². The van der Waals surface area contributed by atoms with Crippen LogP contribution in [0.2, 0.25) is 0 Å². The molecule has 2 aromatic heterocycles. The Balaban J connectivity index is 1.60. The predicted molar refractivity (Wildman–Crippen MR) is 110 cm³/mol. The van der Waals surface area contributed by atoms with Gasteiger partial charge in [-0.15, -0.1) is 0 Å². The van der Waals surface area contributed by atoms with E-state index in [1.807, 2.05) is 25.3 Å². The van der Waals surface area contributed by atoms with Crippen molar-refractivity contribution in [3.05, 3.63) is 59.2 Å². The van der Waals surface area contributed by atoms with Crippen LogP contribution in [0, 0.1) is 6.92 Å². The SMILES string of the molecule is C/C(=C\c1[nH]cc(C2CCNCC2)c1C)c1ccc(-c2cn[nH]c2)cc1O. The van der Waals surface area contributed by atoms with Gasteiger partial charge in [0, 0.05) is 29.2 Å². The fraction of sp³-hybridized carbons (Fsp3) is 0.318. The quantitative estimate of drug-likeness (QED) is 0.554. The third-order valence-corrected chi connectivity index (χ3v) is 5.61. The van der Waals surface area contributed by atoms with E-state index >= 15 is 0 Å². The first kappa shape index (κ1) is 17.6. The van der Waals surface area contributed by atoms with Crippen LogP contribution in [0.15, 0.2) is 36.8 Å². The number of nitrogens with one attached hydrogen (secondary N) is 3. The van der Waals surface area contributed by atoms with Crippen LogP contribution in [0.1, 0.15) is 48.1 Å². The lowest BCUT2D eigenvalue weighted by Crippen LogP contribution is -2.26. The highest BCUT2D eigenvalue weighted by molar-refractivity contribution is 5.84. The number of H-pyrrole nitrogens is 2. The maximum atomic E-state index is 10.5. The molecule has 1 aromatic carbocycles. The van der Waals surface area contributed by atoms with Crippen molar-refractivity contribution < 1.29 is 5.11 Å². The highest BCUT2D eigenvalue weighted by Crippen LogP contribution is 2.33. The summed E-state index contributed by atoms with van der Waals surface area (Å²) in [7, 11) is 0. The van der Waals surface area contributed by atoms with Crippen molar-refractivity contribution in [2.24, 2.45) is 0 Å². The Morgan fingerprint density at radius 2 is 2.00 bits per heavy atom. The van der Waals surface area contributed by atoms with Gasteiger partial charge in [0.05, 0.1) is 6.20 Å². The molecule has 4 N–H and O–H groups in total. The molecule has 3 aromatic rings. The second-order valence-corrected chi connectivity index (χ2v) is 7.35. The Bertz CT molecular complexity index is 947. The molecular formula is C22H26N4O. The van der Waals surface area contributed by atoms with Crippen LogP contribution < -0.4 is 5.32 Å². The van der Waals surface area contributed by atoms with Gasteiger partial charge in [-0.3, -0.25) is 5.10 Å². The standard InChI is InChI=1S/C22H26N4O/c1-14(19-4-3-17(10-22(19)27)18-11-25-26-12-18)9-21-15(2)20(13-24-21)16-5-7-23-8-6-16/h3-4,9-13,16,23-24,27H,5-8H2,1-2H3,(H,25,26)/b14-9+. The number of aromatic amines is 2. The third kappa shape index (κ3) is 3.55. The zero-order valence-electron chi connectivity index (χ0n) is 15.8. The summed E-state index contributed by atoms with van der Waals surface area (Å²) in [5.41, 5.74) is 7.66. The van der Waals surface area contributed by atoms with E-state index in [0.29, 0.717) is 5.92 Å². The highest BCUT2D eigenvalue weighted by Gasteiger charge is 2.19. The van der Waals surface area contributed by atoms with Crippen LogP contribution in [-0.4, -0.2) is 33.4 Å². The first-order valence-electron chi connectivity index (χ1n) is 9.53. The fourth-order valence-corrected chi connectivity index (χ4v) is 3.98. The normalized spacial score (nSPS) is 16.0. The van der Waals surface area contributed by atoms with Gasteiger partial charge >= 0.3 is 0 Å². The number of phenols is 1. The van der Waals surface area contributed by atoms with Crippen LogP contribution in [0.4, 0.5) is 0 Å². The number of phenolic OH excluding ortho intramolecular Hbond substituents is 1. The van der Waals surface area contributed by atoms with Gasteiger partial charge in [-0.25, -0.2) is 0 Å². The summed E-state index contributed by atoms with van der Waals surface area (Å²) < 4.78 is 0. The van der Waals surface area contributed by atoms with E-state index in [-0.39, 0.29) is 5.75 Å². The van der Waals surface area contributed by atoms with E-state index in [9.17, 15) is 5.11 Å². The number of piperidine rings is 1. The molecule has 3 heterocycles. The Hall–Kier alpha value is -2.79. The van der Waals surface area contributed by atoms with Gasteiger partial charge in [0.15, 0.2) is 0 Å². The second kappa shape index (κ2) is 7.45. The number of aromatic nitrogens is 3. The van der Waals surface area contributed by atoms with Crippen LogP contribution in [0.3, 0.4) is 0 Å². The van der Waals surface area contributed by atoms with Crippen molar-refractivity contribution in [1.82, 2.24) is 20.5 Å². The van der Waals surface area contributed by atoms with E-state index in [1.54, 1.807) is 12.3 Å². The molecule has 0 saturated carbocycles. The Labute approximate surface area is 159 Å². The van der Waals surface area contributed by atoms with Gasteiger partial charge in [-0.2, -0.15) is 5.10 Å². The predicted octanol–water partition coefficient (Wildman–Crippen LogP) is 4.45. The molecule has 0 aliphatic carbocycles. The Morgan fingerprint density at radius 1 is 1.19 bits per heavy atom. The maximum absolute atomic E-state index is 10.5. The molecule has 0 atom stereocenters. The summed E-state index contributed by atoms with van der Waals surface area (Å²) in [5, 5.41) is 20.7. The molecule has 27 heavy (non-hydrogen) atoms. The van der Waals surface area contributed by atoms with Crippen molar-refractivity contribution in [1.29, 1.82) is 0 Å². The number of nitrogens with zero attached hydrogens (tertiary/aromatic N) is 1. The number of allylic oxidation sites excluding steroid dienone is 1. The lowest BCUT2D eigenvalue weighted by molar-refractivity contribution is 0.459. The number of rotatable bonds is 4. The smallest absolute Gasteiger partial charge is 0.123 e. The van der Waals surface area contributed by atoms with Gasteiger partial charge in [0.2, 0.25) is 0 Å². The molecule has 0 radical (unpaired) electrons. The molecule has 5 nitrogen and oxygen atoms in total. The lowest BCUT2D eigenvalue weighted by atomic mass is 9.89. The lowest BCUT2D eigenvalue weighted by Gasteiger charge is -2.22. The molecule has 1 fully saturated rings. The topological polar surface area (TPSA) is 76.7 Å². The zero-order chi connectivity index (χ0) is 18.8. The minimum absolute atomic E-state index is 0.283. The summed E-state index contributed by atoms with van der Waals surface area (Å²) in [6, 6.07) is 5.77. The van der Waals surface area contributed by atoms with E-state index in [4.69, 9.17) is 0 Å². The molecule has 1 aliphatic rings. The Kier molecular flexibility index (Phi) is 4.86. The van der Waals surface area contributed by atoms with E-state index < -0.39 is 0 Å². The van der Waals surface area contributed by atoms with Gasteiger partial charge in [0.1, 0.15) is 5.75 Å². The zero-order valence-corrected chi connectivity index (χ0v) is 15.8. The summed E-state index contributed by atoms with van der Waals surface area (Å²) in [6.45, 7) is 6.42. The summed E-state index contributed by atoms with van der Waals surface area (Å²) in [5.74, 6) is 0.915. The highest BCUT2D eigenvalue weighted by atomic mass is 16.3. The van der Waals surface area contributed by atoms with E-state index in [2.05, 4.69) is 39.7 Å². The number of hydrogen-bond acceptors (Lipinski definition) is 3. The largest absolute Gasteiger partial charge is 0.507 e. The molecule has 0 spiro atoms. The van der Waals surface area contributed by atoms with Crippen molar-refractivity contribution >= 4 is 11.6 Å². The molecule has 1 saturated heterocycles. The first-order chi connectivity index (χ1) is 13.1. The molecular weight excluding hydrogens is 336 g/mol. The van der Waals surface area contributed by atoms with Gasteiger partial charge in [-0.05, 0) is 80.1 Å². The summed E-state index contributed by atoms with van der Waals surface area (Å²) >= 11 is 0. The average molecular weight is 362 g/mol. The van der Waals surface area contributed by atoms with Crippen molar-refractivity contribution in [2.75, 3.05) is 13.1 Å². The minimum atomic E-state index is 0.283. The van der Waals surface area contributed by atoms with Gasteiger partial charge in [0.25, 0.3) is 0 Å². The molecule has 5 heteroatoms. The number of hydrogen-bond donors (Lipinski definition) is 4. The first-order valence-corrected chi connectivity index (χ1v) is 9.53. The monoisotopic (exact) mass is 362 g/mol. The summed E-state index contributed by atoms with van der Waals surface area (Å²) in [4.78, 5) is 3.43. The average Bonchev–Trinajstić information content (AvgIpc) is 3.33. The van der Waals surface area contributed by atoms with E-state index in [1.165, 1.54) is 24.0 Å². The molecule has 0 unspecified atom stereocenters. The third-order valence-electron chi connectivity index (χ3n) is 5.61. The molecule has 1 aliphatic heterocycles. The number of benzene rings is 1.